The van der Waals surface area contributed by atoms with Gasteiger partial charge in [-0.15, -0.1) is 0 Å². The monoisotopic (exact) mass is 209 g/mol. The highest BCUT2D eigenvalue weighted by atomic mass is 16.1. The summed E-state index contributed by atoms with van der Waals surface area (Å²) in [5.74, 6) is 1.03. The molecule has 15 heavy (non-hydrogen) atoms. The fourth-order valence-electron chi connectivity index (χ4n) is 3.11. The average Bonchev–Trinajstić information content (AvgIpc) is 2.17. The number of hydrogen-bond donors (Lipinski definition) is 1. The van der Waals surface area contributed by atoms with Gasteiger partial charge in [0.25, 0.3) is 0 Å². The lowest BCUT2D eigenvalue weighted by molar-refractivity contribution is -0.137. The number of carbonyl (C=O) groups is 1. The van der Waals surface area contributed by atoms with E-state index in [-0.39, 0.29) is 5.41 Å². The molecule has 1 aliphatic carbocycles. The van der Waals surface area contributed by atoms with Gasteiger partial charge in [-0.25, -0.2) is 0 Å². The standard InChI is InChI=1S/C13H23NO/c1-2-6-13(7-9-14-10-8-13)12(15)11-4-3-5-11/h11,14H,2-10H2,1H3. The van der Waals surface area contributed by atoms with Gasteiger partial charge >= 0.3 is 0 Å². The molecule has 2 heteroatoms. The third-order valence-electron chi connectivity index (χ3n) is 4.29. The zero-order valence-corrected chi connectivity index (χ0v) is 9.85. The number of hydrogen-bond acceptors (Lipinski definition) is 2. The van der Waals surface area contributed by atoms with E-state index in [1.165, 1.54) is 6.42 Å². The quantitative estimate of drug-likeness (QED) is 0.771. The molecule has 2 rings (SSSR count). The third kappa shape index (κ3) is 2.10. The van der Waals surface area contributed by atoms with Gasteiger partial charge in [-0.1, -0.05) is 19.8 Å². The Kier molecular flexibility index (Phi) is 3.45. The first-order chi connectivity index (χ1) is 7.28. The molecule has 2 nitrogen and oxygen atoms in total. The van der Waals surface area contributed by atoms with Crippen LogP contribution in [0.2, 0.25) is 0 Å². The lowest BCUT2D eigenvalue weighted by Gasteiger charge is -2.41. The number of nitrogens with one attached hydrogen (secondary N) is 1. The maximum atomic E-state index is 12.5. The predicted octanol–water partition coefficient (Wildman–Crippen LogP) is 2.53. The van der Waals surface area contributed by atoms with Crippen LogP contribution in [0, 0.1) is 11.3 Å². The first-order valence-corrected chi connectivity index (χ1v) is 6.53. The Labute approximate surface area is 92.8 Å². The largest absolute Gasteiger partial charge is 0.317 e. The first-order valence-electron chi connectivity index (χ1n) is 6.53. The van der Waals surface area contributed by atoms with Gasteiger partial charge in [0.05, 0.1) is 0 Å². The van der Waals surface area contributed by atoms with Gasteiger partial charge < -0.3 is 5.32 Å². The maximum absolute atomic E-state index is 12.5. The molecule has 0 atom stereocenters. The second-order valence-electron chi connectivity index (χ2n) is 5.27. The predicted molar refractivity (Wildman–Crippen MR) is 61.8 cm³/mol. The minimum absolute atomic E-state index is 0.0606. The molecule has 2 aliphatic rings. The molecule has 0 aromatic rings. The lowest BCUT2D eigenvalue weighted by Crippen LogP contribution is -2.46. The Balaban J connectivity index is 2.05. The number of rotatable bonds is 4. The first kappa shape index (κ1) is 11.1. The van der Waals surface area contributed by atoms with Crippen LogP contribution in [0.3, 0.4) is 0 Å². The molecule has 0 amide bonds. The lowest BCUT2D eigenvalue weighted by atomic mass is 9.64. The van der Waals surface area contributed by atoms with E-state index in [2.05, 4.69) is 12.2 Å². The van der Waals surface area contributed by atoms with Crippen LogP contribution in [-0.2, 0) is 4.79 Å². The SMILES string of the molecule is CCCC1(C(=O)C2CCC2)CCNCC1. The van der Waals surface area contributed by atoms with Crippen LogP contribution in [0.25, 0.3) is 0 Å². The molecule has 0 spiro atoms. The summed E-state index contributed by atoms with van der Waals surface area (Å²) in [6.45, 7) is 4.29. The summed E-state index contributed by atoms with van der Waals surface area (Å²) in [6, 6.07) is 0. The highest BCUT2D eigenvalue weighted by molar-refractivity contribution is 5.87. The molecule has 1 aliphatic heterocycles. The second-order valence-corrected chi connectivity index (χ2v) is 5.27. The van der Waals surface area contributed by atoms with Gasteiger partial charge in [0, 0.05) is 11.3 Å². The van der Waals surface area contributed by atoms with Gasteiger partial charge in [0.1, 0.15) is 5.78 Å². The van der Waals surface area contributed by atoms with Gasteiger partial charge in [-0.05, 0) is 45.2 Å². The summed E-state index contributed by atoms with van der Waals surface area (Å²) in [5.41, 5.74) is 0.0606. The van der Waals surface area contributed by atoms with Crippen LogP contribution < -0.4 is 5.32 Å². The van der Waals surface area contributed by atoms with Crippen LogP contribution in [0.15, 0.2) is 0 Å². The second kappa shape index (κ2) is 4.65. The van der Waals surface area contributed by atoms with Crippen molar-refractivity contribution in [2.24, 2.45) is 11.3 Å². The number of Topliss-reactive ketones (excluding diaryl/α,β-unsaturated/α-hetero) is 1. The normalized spacial score (nSPS) is 25.9. The minimum atomic E-state index is 0.0606. The van der Waals surface area contributed by atoms with Crippen LogP contribution in [0.1, 0.15) is 51.9 Å². The van der Waals surface area contributed by atoms with Crippen LogP contribution >= 0.6 is 0 Å². The fraction of sp³-hybridized carbons (Fsp3) is 0.923. The summed E-state index contributed by atoms with van der Waals surface area (Å²) in [5, 5.41) is 3.38. The maximum Gasteiger partial charge on any atom is 0.142 e. The van der Waals surface area contributed by atoms with Crippen LogP contribution in [0.4, 0.5) is 0 Å². The van der Waals surface area contributed by atoms with Crippen LogP contribution in [0.5, 0.6) is 0 Å². The summed E-state index contributed by atoms with van der Waals surface area (Å²) in [4.78, 5) is 12.5. The van der Waals surface area contributed by atoms with Crippen LogP contribution in [-0.4, -0.2) is 18.9 Å². The molecule has 1 N–H and O–H groups in total. The Bertz CT molecular complexity index is 221. The molecule has 0 unspecified atom stereocenters. The molecular weight excluding hydrogens is 186 g/mol. The Morgan fingerprint density at radius 1 is 1.33 bits per heavy atom. The van der Waals surface area contributed by atoms with Gasteiger partial charge in [0.15, 0.2) is 0 Å². The fourth-order valence-corrected chi connectivity index (χ4v) is 3.11. The van der Waals surface area contributed by atoms with E-state index >= 15 is 0 Å². The average molecular weight is 209 g/mol. The molecule has 0 radical (unpaired) electrons. The highest BCUT2D eigenvalue weighted by Gasteiger charge is 2.43. The zero-order chi connectivity index (χ0) is 10.7. The molecule has 2 fully saturated rings. The molecule has 1 saturated carbocycles. The zero-order valence-electron chi connectivity index (χ0n) is 9.85. The molecular formula is C13H23NO. The topological polar surface area (TPSA) is 29.1 Å². The van der Waals surface area contributed by atoms with Crippen molar-refractivity contribution >= 4 is 5.78 Å². The van der Waals surface area contributed by atoms with Crippen molar-refractivity contribution in [2.75, 3.05) is 13.1 Å². The van der Waals surface area contributed by atoms with Crippen molar-refractivity contribution in [2.45, 2.75) is 51.9 Å². The van der Waals surface area contributed by atoms with Crippen molar-refractivity contribution in [1.29, 1.82) is 0 Å². The molecule has 1 saturated heterocycles. The van der Waals surface area contributed by atoms with Crippen molar-refractivity contribution in [3.63, 3.8) is 0 Å². The smallest absolute Gasteiger partial charge is 0.142 e. The van der Waals surface area contributed by atoms with Gasteiger partial charge in [-0.2, -0.15) is 0 Å². The third-order valence-corrected chi connectivity index (χ3v) is 4.29. The molecule has 0 aromatic carbocycles. The minimum Gasteiger partial charge on any atom is -0.317 e. The van der Waals surface area contributed by atoms with E-state index in [0.717, 1.165) is 51.6 Å². The Hall–Kier alpha value is -0.370. The van der Waals surface area contributed by atoms with E-state index in [4.69, 9.17) is 0 Å². The molecule has 0 aromatic heterocycles. The van der Waals surface area contributed by atoms with Crippen molar-refractivity contribution in [3.8, 4) is 0 Å². The summed E-state index contributed by atoms with van der Waals surface area (Å²) < 4.78 is 0. The highest BCUT2D eigenvalue weighted by Crippen LogP contribution is 2.42. The van der Waals surface area contributed by atoms with E-state index in [1.807, 2.05) is 0 Å². The molecule has 0 bridgehead atoms. The van der Waals surface area contributed by atoms with Crippen molar-refractivity contribution in [3.05, 3.63) is 0 Å². The molecule has 1 heterocycles. The Morgan fingerprint density at radius 2 is 2.00 bits per heavy atom. The van der Waals surface area contributed by atoms with E-state index < -0.39 is 0 Å². The van der Waals surface area contributed by atoms with E-state index in [1.54, 1.807) is 0 Å². The molecule has 86 valence electrons. The van der Waals surface area contributed by atoms with Gasteiger partial charge in [-0.3, -0.25) is 4.79 Å². The summed E-state index contributed by atoms with van der Waals surface area (Å²) in [7, 11) is 0. The van der Waals surface area contributed by atoms with Gasteiger partial charge in [0.2, 0.25) is 0 Å². The van der Waals surface area contributed by atoms with E-state index in [0.29, 0.717) is 11.7 Å². The van der Waals surface area contributed by atoms with E-state index in [9.17, 15) is 4.79 Å². The summed E-state index contributed by atoms with van der Waals surface area (Å²) >= 11 is 0. The Morgan fingerprint density at radius 3 is 2.47 bits per heavy atom. The van der Waals surface area contributed by atoms with Crippen molar-refractivity contribution < 1.29 is 4.79 Å². The summed E-state index contributed by atoms with van der Waals surface area (Å²) in [6.07, 6.45) is 8.03. The number of carbonyl (C=O) groups excluding carboxylic acids is 1. The van der Waals surface area contributed by atoms with Crippen molar-refractivity contribution in [1.82, 2.24) is 5.32 Å². The number of piperidine rings is 1. The number of ketones is 1.